The van der Waals surface area contributed by atoms with Gasteiger partial charge in [-0.2, -0.15) is 0 Å². The molecule has 132 valence electrons. The molecule has 7 heteroatoms. The Morgan fingerprint density at radius 2 is 1.88 bits per heavy atom. The van der Waals surface area contributed by atoms with Crippen molar-refractivity contribution >= 4 is 17.5 Å². The van der Waals surface area contributed by atoms with E-state index in [-0.39, 0.29) is 25.0 Å². The highest BCUT2D eigenvalue weighted by molar-refractivity contribution is 6.06. The molecule has 0 saturated carbocycles. The van der Waals surface area contributed by atoms with Crippen molar-refractivity contribution in [2.75, 3.05) is 11.4 Å². The largest absolute Gasteiger partial charge is 0.475 e. The highest BCUT2D eigenvalue weighted by Crippen LogP contribution is 2.19. The number of hydrogen-bond acceptors (Lipinski definition) is 4. The van der Waals surface area contributed by atoms with Gasteiger partial charge in [0.2, 0.25) is 11.8 Å². The Kier molecular flexibility index (Phi) is 6.05. The molecule has 0 aliphatic rings. The molecule has 0 spiro atoms. The van der Waals surface area contributed by atoms with E-state index in [2.05, 4.69) is 4.98 Å². The molecule has 0 bridgehead atoms. The first-order valence-electron chi connectivity index (χ1n) is 7.85. The van der Waals surface area contributed by atoms with Gasteiger partial charge < -0.3 is 15.4 Å². The van der Waals surface area contributed by atoms with Crippen LogP contribution in [0.3, 0.4) is 0 Å². The summed E-state index contributed by atoms with van der Waals surface area (Å²) < 4.78 is 18.6. The molecule has 0 aliphatic heterocycles. The van der Waals surface area contributed by atoms with E-state index in [0.717, 1.165) is 0 Å². The summed E-state index contributed by atoms with van der Waals surface area (Å²) in [4.78, 5) is 29.3. The van der Waals surface area contributed by atoms with Crippen molar-refractivity contribution in [3.8, 4) is 5.88 Å². The molecular formula is C18H20FN3O3. The predicted molar refractivity (Wildman–Crippen MR) is 91.9 cm³/mol. The average molecular weight is 345 g/mol. The summed E-state index contributed by atoms with van der Waals surface area (Å²) in [5.74, 6) is -0.893. The zero-order valence-electron chi connectivity index (χ0n) is 14.1. The standard InChI is InChI=1S/C18H20FN3O3/c1-12(2)25-17-8-3-13(11-21-17)18(24)22(10-9-16(20)23)15-6-4-14(19)5-7-15/h3-8,11-12H,9-10H2,1-2H3,(H2,20,23). The van der Waals surface area contributed by atoms with Crippen LogP contribution in [-0.2, 0) is 4.79 Å². The number of rotatable bonds is 7. The number of hydrogen-bond donors (Lipinski definition) is 1. The van der Waals surface area contributed by atoms with E-state index >= 15 is 0 Å². The van der Waals surface area contributed by atoms with Crippen molar-refractivity contribution in [1.29, 1.82) is 0 Å². The number of ether oxygens (including phenoxy) is 1. The third kappa shape index (κ3) is 5.27. The summed E-state index contributed by atoms with van der Waals surface area (Å²) in [6, 6.07) is 8.63. The highest BCUT2D eigenvalue weighted by Gasteiger charge is 2.19. The van der Waals surface area contributed by atoms with Gasteiger partial charge >= 0.3 is 0 Å². The number of carbonyl (C=O) groups excluding carboxylic acids is 2. The van der Waals surface area contributed by atoms with Crippen molar-refractivity contribution in [1.82, 2.24) is 4.98 Å². The lowest BCUT2D eigenvalue weighted by Gasteiger charge is -2.22. The van der Waals surface area contributed by atoms with Crippen LogP contribution < -0.4 is 15.4 Å². The lowest BCUT2D eigenvalue weighted by atomic mass is 10.2. The van der Waals surface area contributed by atoms with Gasteiger partial charge in [0, 0.05) is 30.9 Å². The maximum atomic E-state index is 13.1. The number of benzene rings is 1. The maximum Gasteiger partial charge on any atom is 0.259 e. The van der Waals surface area contributed by atoms with Crippen molar-refractivity contribution in [3.05, 3.63) is 54.0 Å². The van der Waals surface area contributed by atoms with Gasteiger partial charge in [-0.15, -0.1) is 0 Å². The van der Waals surface area contributed by atoms with Gasteiger partial charge in [-0.25, -0.2) is 9.37 Å². The van der Waals surface area contributed by atoms with E-state index < -0.39 is 11.7 Å². The van der Waals surface area contributed by atoms with Gasteiger partial charge in [-0.3, -0.25) is 9.59 Å². The minimum atomic E-state index is -0.529. The molecule has 2 aromatic rings. The fourth-order valence-corrected chi connectivity index (χ4v) is 2.16. The molecule has 0 fully saturated rings. The smallest absolute Gasteiger partial charge is 0.259 e. The Bertz CT molecular complexity index is 730. The van der Waals surface area contributed by atoms with E-state index in [4.69, 9.17) is 10.5 Å². The molecular weight excluding hydrogens is 325 g/mol. The van der Waals surface area contributed by atoms with Crippen LogP contribution in [-0.4, -0.2) is 29.4 Å². The number of halogens is 1. The van der Waals surface area contributed by atoms with Crippen LogP contribution in [0.2, 0.25) is 0 Å². The minimum absolute atomic E-state index is 0.00884. The van der Waals surface area contributed by atoms with Crippen LogP contribution in [0.25, 0.3) is 0 Å². The van der Waals surface area contributed by atoms with Crippen molar-refractivity contribution in [3.63, 3.8) is 0 Å². The van der Waals surface area contributed by atoms with Crippen molar-refractivity contribution < 1.29 is 18.7 Å². The monoisotopic (exact) mass is 345 g/mol. The van der Waals surface area contributed by atoms with E-state index in [1.54, 1.807) is 12.1 Å². The summed E-state index contributed by atoms with van der Waals surface area (Å²) in [6.45, 7) is 3.84. The normalized spacial score (nSPS) is 10.6. The number of primary amides is 1. The molecule has 1 heterocycles. The molecule has 2 amide bonds. The molecule has 25 heavy (non-hydrogen) atoms. The Balaban J connectivity index is 2.24. The molecule has 6 nitrogen and oxygen atoms in total. The molecule has 0 saturated heterocycles. The first kappa shape index (κ1) is 18.4. The predicted octanol–water partition coefficient (Wildman–Crippen LogP) is 2.53. The number of anilines is 1. The van der Waals surface area contributed by atoms with Crippen LogP contribution in [0.15, 0.2) is 42.6 Å². The van der Waals surface area contributed by atoms with Crippen LogP contribution in [0.4, 0.5) is 10.1 Å². The third-order valence-electron chi connectivity index (χ3n) is 3.31. The first-order valence-corrected chi connectivity index (χ1v) is 7.85. The molecule has 0 radical (unpaired) electrons. The molecule has 1 aromatic carbocycles. The third-order valence-corrected chi connectivity index (χ3v) is 3.31. The summed E-state index contributed by atoms with van der Waals surface area (Å²) in [6.07, 6.45) is 1.37. The average Bonchev–Trinajstić information content (AvgIpc) is 2.56. The van der Waals surface area contributed by atoms with Crippen molar-refractivity contribution in [2.45, 2.75) is 26.4 Å². The summed E-state index contributed by atoms with van der Waals surface area (Å²) in [5.41, 5.74) is 5.97. The molecule has 0 aliphatic carbocycles. The van der Waals surface area contributed by atoms with E-state index in [0.29, 0.717) is 17.1 Å². The topological polar surface area (TPSA) is 85.5 Å². The number of amides is 2. The Morgan fingerprint density at radius 3 is 2.40 bits per heavy atom. The quantitative estimate of drug-likeness (QED) is 0.835. The fourth-order valence-electron chi connectivity index (χ4n) is 2.16. The van der Waals surface area contributed by atoms with E-state index in [1.165, 1.54) is 35.4 Å². The number of aromatic nitrogens is 1. The fraction of sp³-hybridized carbons (Fsp3) is 0.278. The second-order valence-corrected chi connectivity index (χ2v) is 5.70. The van der Waals surface area contributed by atoms with Crippen LogP contribution in [0, 0.1) is 5.82 Å². The molecule has 0 unspecified atom stereocenters. The zero-order chi connectivity index (χ0) is 18.4. The maximum absolute atomic E-state index is 13.1. The van der Waals surface area contributed by atoms with Gasteiger partial charge in [0.1, 0.15) is 5.82 Å². The summed E-state index contributed by atoms with van der Waals surface area (Å²) >= 11 is 0. The van der Waals surface area contributed by atoms with Gasteiger partial charge in [0.15, 0.2) is 0 Å². The van der Waals surface area contributed by atoms with Crippen LogP contribution in [0.5, 0.6) is 5.88 Å². The Hall–Kier alpha value is -2.96. The Morgan fingerprint density at radius 1 is 1.20 bits per heavy atom. The summed E-state index contributed by atoms with van der Waals surface area (Å²) in [7, 11) is 0. The zero-order valence-corrected chi connectivity index (χ0v) is 14.1. The number of carbonyl (C=O) groups is 2. The van der Waals surface area contributed by atoms with Gasteiger partial charge in [0.05, 0.1) is 11.7 Å². The highest BCUT2D eigenvalue weighted by atomic mass is 19.1. The van der Waals surface area contributed by atoms with E-state index in [1.807, 2.05) is 13.8 Å². The van der Waals surface area contributed by atoms with Gasteiger partial charge in [-0.1, -0.05) is 0 Å². The van der Waals surface area contributed by atoms with E-state index in [9.17, 15) is 14.0 Å². The van der Waals surface area contributed by atoms with Crippen LogP contribution >= 0.6 is 0 Å². The molecule has 2 rings (SSSR count). The first-order chi connectivity index (χ1) is 11.9. The second-order valence-electron chi connectivity index (χ2n) is 5.70. The SMILES string of the molecule is CC(C)Oc1ccc(C(=O)N(CCC(N)=O)c2ccc(F)cc2)cn1. The Labute approximate surface area is 145 Å². The number of nitrogens with two attached hydrogens (primary N) is 1. The number of nitrogens with zero attached hydrogens (tertiary/aromatic N) is 2. The van der Waals surface area contributed by atoms with Crippen molar-refractivity contribution in [2.24, 2.45) is 5.73 Å². The van der Waals surface area contributed by atoms with Gasteiger partial charge in [0.25, 0.3) is 5.91 Å². The second kappa shape index (κ2) is 8.23. The molecule has 0 atom stereocenters. The lowest BCUT2D eigenvalue weighted by molar-refractivity contribution is -0.117. The van der Waals surface area contributed by atoms with Gasteiger partial charge in [-0.05, 0) is 44.2 Å². The minimum Gasteiger partial charge on any atom is -0.475 e. The summed E-state index contributed by atoms with van der Waals surface area (Å²) in [5, 5.41) is 0. The van der Waals surface area contributed by atoms with Crippen LogP contribution in [0.1, 0.15) is 30.6 Å². The lowest BCUT2D eigenvalue weighted by Crippen LogP contribution is -2.34. The molecule has 2 N–H and O–H groups in total. The number of pyridine rings is 1. The molecule has 1 aromatic heterocycles.